The highest BCUT2D eigenvalue weighted by molar-refractivity contribution is 7.13. The van der Waals surface area contributed by atoms with Crippen LogP contribution in [0.25, 0.3) is 27.4 Å². The van der Waals surface area contributed by atoms with Crippen LogP contribution in [0.2, 0.25) is 0 Å². The van der Waals surface area contributed by atoms with Crippen molar-refractivity contribution in [3.8, 4) is 39.2 Å². The highest BCUT2D eigenvalue weighted by Crippen LogP contribution is 2.33. The second-order valence-corrected chi connectivity index (χ2v) is 7.71. The Balaban J connectivity index is 2.07. The van der Waals surface area contributed by atoms with Gasteiger partial charge in [0.2, 0.25) is 0 Å². The average molecular weight is 413 g/mol. The van der Waals surface area contributed by atoms with Crippen LogP contribution in [0.4, 0.5) is 0 Å². The molecule has 0 aliphatic heterocycles. The first-order valence-electron chi connectivity index (χ1n) is 9.64. The number of hydrogen-bond donors (Lipinski definition) is 0. The van der Waals surface area contributed by atoms with E-state index in [1.807, 2.05) is 72.1 Å². The Morgan fingerprint density at radius 3 is 2.47 bits per heavy atom. The van der Waals surface area contributed by atoms with Crippen LogP contribution in [-0.2, 0) is 6.42 Å². The molecule has 0 spiro atoms. The van der Waals surface area contributed by atoms with Gasteiger partial charge in [-0.2, -0.15) is 5.26 Å². The van der Waals surface area contributed by atoms with E-state index in [2.05, 4.69) is 13.0 Å². The van der Waals surface area contributed by atoms with Gasteiger partial charge in [0.1, 0.15) is 17.4 Å². The van der Waals surface area contributed by atoms with E-state index in [4.69, 9.17) is 4.74 Å². The van der Waals surface area contributed by atoms with Crippen LogP contribution in [0, 0.1) is 11.3 Å². The van der Waals surface area contributed by atoms with Crippen LogP contribution in [-0.4, -0.2) is 11.7 Å². The molecule has 0 saturated heterocycles. The number of para-hydroxylation sites is 1. The number of aromatic nitrogens is 1. The topological polar surface area (TPSA) is 55.0 Å². The summed E-state index contributed by atoms with van der Waals surface area (Å²) in [6.45, 7) is 2.06. The van der Waals surface area contributed by atoms with Gasteiger partial charge < -0.3 is 4.74 Å². The third-order valence-electron chi connectivity index (χ3n) is 5.11. The summed E-state index contributed by atoms with van der Waals surface area (Å²) in [6.07, 6.45) is 0.786. The second kappa shape index (κ2) is 8.40. The van der Waals surface area contributed by atoms with Crippen LogP contribution in [0.5, 0.6) is 5.75 Å². The van der Waals surface area contributed by atoms with E-state index in [0.29, 0.717) is 5.56 Å². The standard InChI is InChI=1S/C25H20N2O2S/c1-3-17-7-4-5-8-22(17)27-23(24-9-6-14-30-24)15-20(21(16-26)25(27)28)18-10-12-19(29-2)13-11-18/h4-15H,3H2,1-2H3. The molecular formula is C25H20N2O2S. The third kappa shape index (κ3) is 3.42. The van der Waals surface area contributed by atoms with Gasteiger partial charge in [0.15, 0.2) is 0 Å². The van der Waals surface area contributed by atoms with Gasteiger partial charge in [0, 0.05) is 5.56 Å². The number of rotatable bonds is 5. The summed E-state index contributed by atoms with van der Waals surface area (Å²) in [5.74, 6) is 0.723. The number of benzene rings is 2. The van der Waals surface area contributed by atoms with Crippen molar-refractivity contribution in [3.05, 3.63) is 93.6 Å². The molecule has 0 atom stereocenters. The van der Waals surface area contributed by atoms with E-state index in [9.17, 15) is 10.1 Å². The number of pyridine rings is 1. The fourth-order valence-electron chi connectivity index (χ4n) is 3.59. The molecule has 30 heavy (non-hydrogen) atoms. The first-order chi connectivity index (χ1) is 14.7. The zero-order valence-electron chi connectivity index (χ0n) is 16.8. The zero-order valence-corrected chi connectivity index (χ0v) is 17.6. The quantitative estimate of drug-likeness (QED) is 0.424. The largest absolute Gasteiger partial charge is 0.497 e. The molecule has 0 unspecified atom stereocenters. The Bertz CT molecular complexity index is 1280. The minimum absolute atomic E-state index is 0.131. The molecule has 0 aliphatic carbocycles. The van der Waals surface area contributed by atoms with Crippen molar-refractivity contribution in [1.82, 2.24) is 4.57 Å². The SMILES string of the molecule is CCc1ccccc1-n1c(-c2cccs2)cc(-c2ccc(OC)cc2)c(C#N)c1=O. The van der Waals surface area contributed by atoms with Crippen LogP contribution in [0.3, 0.4) is 0 Å². The van der Waals surface area contributed by atoms with E-state index in [1.165, 1.54) is 0 Å². The normalized spacial score (nSPS) is 10.6. The lowest BCUT2D eigenvalue weighted by Crippen LogP contribution is -2.24. The number of nitriles is 1. The van der Waals surface area contributed by atoms with Crippen LogP contribution in [0.15, 0.2) is 76.9 Å². The summed E-state index contributed by atoms with van der Waals surface area (Å²) in [4.78, 5) is 14.6. The van der Waals surface area contributed by atoms with E-state index in [1.54, 1.807) is 23.0 Å². The Morgan fingerprint density at radius 1 is 1.07 bits per heavy atom. The molecule has 0 bridgehead atoms. The van der Waals surface area contributed by atoms with Gasteiger partial charge in [-0.15, -0.1) is 11.3 Å². The maximum atomic E-state index is 13.6. The summed E-state index contributed by atoms with van der Waals surface area (Å²) in [5.41, 5.74) is 3.89. The van der Waals surface area contributed by atoms with Gasteiger partial charge in [0.05, 0.1) is 23.4 Å². The number of hydrogen-bond acceptors (Lipinski definition) is 4. The smallest absolute Gasteiger partial charge is 0.274 e. The highest BCUT2D eigenvalue weighted by atomic mass is 32.1. The Labute approximate surface area is 179 Å². The van der Waals surface area contributed by atoms with E-state index in [0.717, 1.165) is 39.6 Å². The number of thiophene rings is 1. The van der Waals surface area contributed by atoms with Crippen molar-refractivity contribution in [1.29, 1.82) is 5.26 Å². The van der Waals surface area contributed by atoms with Crippen molar-refractivity contribution in [2.45, 2.75) is 13.3 Å². The molecule has 0 saturated carbocycles. The first kappa shape index (κ1) is 19.7. The van der Waals surface area contributed by atoms with Gasteiger partial charge in [0.25, 0.3) is 5.56 Å². The van der Waals surface area contributed by atoms with Crippen molar-refractivity contribution >= 4 is 11.3 Å². The predicted molar refractivity (Wildman–Crippen MR) is 121 cm³/mol. The molecule has 0 radical (unpaired) electrons. The van der Waals surface area contributed by atoms with E-state index < -0.39 is 0 Å². The predicted octanol–water partition coefficient (Wildman–Crippen LogP) is 5.68. The van der Waals surface area contributed by atoms with Gasteiger partial charge in [-0.1, -0.05) is 43.3 Å². The van der Waals surface area contributed by atoms with Crippen LogP contribution < -0.4 is 10.3 Å². The summed E-state index contributed by atoms with van der Waals surface area (Å²) in [6, 6.07) is 23.3. The number of ether oxygens (including phenoxy) is 1. The minimum atomic E-state index is -0.310. The fraction of sp³-hybridized carbons (Fsp3) is 0.120. The van der Waals surface area contributed by atoms with Crippen LogP contribution in [0.1, 0.15) is 18.1 Å². The summed E-state index contributed by atoms with van der Waals surface area (Å²) < 4.78 is 6.92. The molecule has 148 valence electrons. The molecule has 0 fully saturated rings. The molecular weight excluding hydrogens is 392 g/mol. The van der Waals surface area contributed by atoms with Gasteiger partial charge in [-0.3, -0.25) is 9.36 Å². The lowest BCUT2D eigenvalue weighted by atomic mass is 9.99. The monoisotopic (exact) mass is 412 g/mol. The minimum Gasteiger partial charge on any atom is -0.497 e. The fourth-order valence-corrected chi connectivity index (χ4v) is 4.32. The second-order valence-electron chi connectivity index (χ2n) is 6.76. The van der Waals surface area contributed by atoms with E-state index in [-0.39, 0.29) is 11.1 Å². The zero-order chi connectivity index (χ0) is 21.1. The number of aryl methyl sites for hydroxylation is 1. The summed E-state index contributed by atoms with van der Waals surface area (Å²) in [5, 5.41) is 11.9. The number of methoxy groups -OCH3 is 1. The van der Waals surface area contributed by atoms with Crippen molar-refractivity contribution in [3.63, 3.8) is 0 Å². The molecule has 2 aromatic carbocycles. The molecule has 2 heterocycles. The lowest BCUT2D eigenvalue weighted by molar-refractivity contribution is 0.415. The molecule has 5 heteroatoms. The molecule has 4 rings (SSSR count). The first-order valence-corrected chi connectivity index (χ1v) is 10.5. The van der Waals surface area contributed by atoms with Gasteiger partial charge in [-0.05, 0) is 53.3 Å². The molecule has 0 N–H and O–H groups in total. The van der Waals surface area contributed by atoms with Gasteiger partial charge in [-0.25, -0.2) is 0 Å². The Hall–Kier alpha value is -3.62. The van der Waals surface area contributed by atoms with E-state index >= 15 is 0 Å². The highest BCUT2D eigenvalue weighted by Gasteiger charge is 2.20. The van der Waals surface area contributed by atoms with Crippen molar-refractivity contribution < 1.29 is 4.74 Å². The molecule has 0 amide bonds. The average Bonchev–Trinajstić information content (AvgIpc) is 3.33. The molecule has 4 aromatic rings. The van der Waals surface area contributed by atoms with Crippen LogP contribution >= 0.6 is 11.3 Å². The van der Waals surface area contributed by atoms with Crippen molar-refractivity contribution in [2.24, 2.45) is 0 Å². The summed E-state index contributed by atoms with van der Waals surface area (Å²) in [7, 11) is 1.61. The van der Waals surface area contributed by atoms with Gasteiger partial charge >= 0.3 is 0 Å². The molecule has 2 aromatic heterocycles. The maximum Gasteiger partial charge on any atom is 0.274 e. The molecule has 0 aliphatic rings. The maximum absolute atomic E-state index is 13.6. The number of nitrogens with zero attached hydrogens (tertiary/aromatic N) is 2. The third-order valence-corrected chi connectivity index (χ3v) is 6.00. The summed E-state index contributed by atoms with van der Waals surface area (Å²) >= 11 is 1.57. The molecule has 4 nitrogen and oxygen atoms in total. The van der Waals surface area contributed by atoms with Crippen molar-refractivity contribution in [2.75, 3.05) is 7.11 Å². The lowest BCUT2D eigenvalue weighted by Gasteiger charge is -2.18. The Kier molecular flexibility index (Phi) is 5.51. The Morgan fingerprint density at radius 2 is 1.83 bits per heavy atom.